The lowest BCUT2D eigenvalue weighted by Gasteiger charge is -2.10. The van der Waals surface area contributed by atoms with E-state index in [0.29, 0.717) is 17.8 Å². The van der Waals surface area contributed by atoms with Crippen molar-refractivity contribution in [2.75, 3.05) is 0 Å². The first kappa shape index (κ1) is 17.4. The van der Waals surface area contributed by atoms with Gasteiger partial charge in [-0.05, 0) is 31.2 Å². The summed E-state index contributed by atoms with van der Waals surface area (Å²) in [6, 6.07) is 6.14. The number of benzene rings is 1. The Hall–Kier alpha value is -2.43. The average Bonchev–Trinajstić information content (AvgIpc) is 2.89. The monoisotopic (exact) mass is 383 g/mol. The van der Waals surface area contributed by atoms with Crippen LogP contribution in [-0.4, -0.2) is 18.0 Å². The van der Waals surface area contributed by atoms with Gasteiger partial charge in [-0.1, -0.05) is 17.4 Å². The van der Waals surface area contributed by atoms with Crippen molar-refractivity contribution in [1.29, 1.82) is 0 Å². The third kappa shape index (κ3) is 3.23. The molecule has 0 bridgehead atoms. The number of aryl methyl sites for hydroxylation is 1. The molecule has 0 radical (unpaired) electrons. The van der Waals surface area contributed by atoms with Crippen LogP contribution in [0.5, 0.6) is 0 Å². The third-order valence-electron chi connectivity index (χ3n) is 3.40. The van der Waals surface area contributed by atoms with Gasteiger partial charge in [0, 0.05) is 16.6 Å². The highest BCUT2D eigenvalue weighted by Crippen LogP contribution is 2.29. The highest BCUT2D eigenvalue weighted by molar-refractivity contribution is 7.89. The van der Waals surface area contributed by atoms with E-state index >= 15 is 0 Å². The summed E-state index contributed by atoms with van der Waals surface area (Å²) < 4.78 is 52.2. The van der Waals surface area contributed by atoms with Crippen LogP contribution in [0.25, 0.3) is 17.1 Å². The van der Waals surface area contributed by atoms with E-state index < -0.39 is 31.4 Å². The van der Waals surface area contributed by atoms with Gasteiger partial charge in [0.05, 0.1) is 5.69 Å². The van der Waals surface area contributed by atoms with Crippen LogP contribution in [0.4, 0.5) is 8.78 Å². The summed E-state index contributed by atoms with van der Waals surface area (Å²) in [6.45, 7) is 1.72. The number of rotatable bonds is 3. The van der Waals surface area contributed by atoms with Gasteiger partial charge >= 0.3 is 4.87 Å². The van der Waals surface area contributed by atoms with E-state index in [1.807, 2.05) is 0 Å². The van der Waals surface area contributed by atoms with Gasteiger partial charge in [0.2, 0.25) is 10.0 Å². The van der Waals surface area contributed by atoms with Crippen molar-refractivity contribution in [3.63, 3.8) is 0 Å². The van der Waals surface area contributed by atoms with E-state index in [9.17, 15) is 22.0 Å². The molecule has 0 unspecified atom stereocenters. The molecule has 0 amide bonds. The maximum Gasteiger partial charge on any atom is 0.313 e. The Morgan fingerprint density at radius 1 is 1.20 bits per heavy atom. The van der Waals surface area contributed by atoms with E-state index in [2.05, 4.69) is 4.98 Å². The van der Waals surface area contributed by atoms with Gasteiger partial charge in [0.25, 0.3) is 0 Å². The molecular formula is C15H11F2N3O3S2. The molecule has 25 heavy (non-hydrogen) atoms. The fourth-order valence-corrected chi connectivity index (χ4v) is 3.65. The first-order valence-corrected chi connectivity index (χ1v) is 9.28. The summed E-state index contributed by atoms with van der Waals surface area (Å²) in [7, 11) is -4.41. The first-order chi connectivity index (χ1) is 11.7. The fraction of sp³-hybridized carbons (Fsp3) is 0.0667. The zero-order valence-electron chi connectivity index (χ0n) is 12.7. The molecule has 0 aliphatic rings. The molecule has 130 valence electrons. The molecular weight excluding hydrogens is 372 g/mol. The molecule has 0 atom stereocenters. The summed E-state index contributed by atoms with van der Waals surface area (Å²) in [4.78, 5) is 15.0. The second-order valence-corrected chi connectivity index (χ2v) is 7.52. The van der Waals surface area contributed by atoms with Crippen LogP contribution in [0.1, 0.15) is 5.69 Å². The maximum atomic E-state index is 14.4. The van der Waals surface area contributed by atoms with Gasteiger partial charge in [-0.25, -0.2) is 27.3 Å². The Balaban J connectivity index is 2.26. The predicted molar refractivity (Wildman–Crippen MR) is 89.2 cm³/mol. The normalized spacial score (nSPS) is 11.7. The van der Waals surface area contributed by atoms with Crippen LogP contribution in [0, 0.1) is 18.6 Å². The Morgan fingerprint density at radius 2 is 1.92 bits per heavy atom. The van der Waals surface area contributed by atoms with Crippen LogP contribution in [0.15, 0.2) is 45.4 Å². The SMILES string of the molecule is Cc1cccc(-n2c(-c3cc(F)c(S(N)(=O)=O)cc3F)csc2=O)n1. The molecule has 2 heterocycles. The second kappa shape index (κ2) is 6.14. The smallest absolute Gasteiger partial charge is 0.256 e. The van der Waals surface area contributed by atoms with Crippen LogP contribution in [0.3, 0.4) is 0 Å². The number of hydrogen-bond donors (Lipinski definition) is 1. The molecule has 10 heteroatoms. The van der Waals surface area contributed by atoms with Gasteiger partial charge in [0.1, 0.15) is 22.3 Å². The number of sulfonamides is 1. The zero-order chi connectivity index (χ0) is 18.4. The third-order valence-corrected chi connectivity index (χ3v) is 5.05. The topological polar surface area (TPSA) is 95.0 Å². The van der Waals surface area contributed by atoms with Crippen LogP contribution >= 0.6 is 11.3 Å². The lowest BCUT2D eigenvalue weighted by molar-refractivity contribution is 0.555. The van der Waals surface area contributed by atoms with Crippen molar-refractivity contribution in [3.8, 4) is 17.1 Å². The fourth-order valence-electron chi connectivity index (χ4n) is 2.31. The molecule has 2 N–H and O–H groups in total. The van der Waals surface area contributed by atoms with Gasteiger partial charge in [0.15, 0.2) is 0 Å². The number of halogens is 2. The van der Waals surface area contributed by atoms with E-state index in [1.165, 1.54) is 5.38 Å². The van der Waals surface area contributed by atoms with Gasteiger partial charge in [-0.2, -0.15) is 0 Å². The van der Waals surface area contributed by atoms with Crippen LogP contribution < -0.4 is 10.0 Å². The highest BCUT2D eigenvalue weighted by atomic mass is 32.2. The molecule has 0 saturated heterocycles. The maximum absolute atomic E-state index is 14.4. The summed E-state index contributed by atoms with van der Waals surface area (Å²) >= 11 is 0.786. The second-order valence-electron chi connectivity index (χ2n) is 5.17. The number of thiazole rings is 1. The quantitative estimate of drug-likeness (QED) is 0.750. The minimum absolute atomic E-state index is 0.0606. The lowest BCUT2D eigenvalue weighted by Crippen LogP contribution is -2.16. The number of hydrogen-bond acceptors (Lipinski definition) is 5. The Labute approximate surface area is 145 Å². The number of nitrogens with two attached hydrogens (primary N) is 1. The van der Waals surface area contributed by atoms with E-state index in [0.717, 1.165) is 15.9 Å². The molecule has 0 fully saturated rings. The van der Waals surface area contributed by atoms with Crippen molar-refractivity contribution in [2.45, 2.75) is 11.8 Å². The van der Waals surface area contributed by atoms with E-state index in [4.69, 9.17) is 5.14 Å². The molecule has 1 aromatic carbocycles. The standard InChI is InChI=1S/C15H11F2N3O3S2/c1-8-3-2-4-14(19-8)20-12(7-24-15(20)21)9-5-11(17)13(6-10(9)16)25(18,22)23/h2-7H,1H3,(H2,18,22,23). The van der Waals surface area contributed by atoms with Gasteiger partial charge in [-0.3, -0.25) is 9.36 Å². The molecule has 0 aliphatic heterocycles. The number of nitrogens with zero attached hydrogens (tertiary/aromatic N) is 2. The predicted octanol–water partition coefficient (Wildman–Crippen LogP) is 2.20. The highest BCUT2D eigenvalue weighted by Gasteiger charge is 2.22. The molecule has 3 rings (SSSR count). The minimum atomic E-state index is -4.41. The minimum Gasteiger partial charge on any atom is -0.256 e. The van der Waals surface area contributed by atoms with Crippen molar-refractivity contribution in [1.82, 2.24) is 9.55 Å². The number of pyridine rings is 1. The van der Waals surface area contributed by atoms with Crippen molar-refractivity contribution in [2.24, 2.45) is 5.14 Å². The zero-order valence-corrected chi connectivity index (χ0v) is 14.4. The molecule has 6 nitrogen and oxygen atoms in total. The molecule has 0 saturated carbocycles. The summed E-state index contributed by atoms with van der Waals surface area (Å²) in [5, 5.41) is 6.21. The van der Waals surface area contributed by atoms with Crippen molar-refractivity contribution in [3.05, 3.63) is 62.7 Å². The van der Waals surface area contributed by atoms with Gasteiger partial charge < -0.3 is 0 Å². The largest absolute Gasteiger partial charge is 0.313 e. The molecule has 0 aliphatic carbocycles. The first-order valence-electron chi connectivity index (χ1n) is 6.85. The van der Waals surface area contributed by atoms with Crippen LogP contribution in [0.2, 0.25) is 0 Å². The number of primary sulfonamides is 1. The van der Waals surface area contributed by atoms with Crippen molar-refractivity contribution >= 4 is 21.4 Å². The number of aromatic nitrogens is 2. The Bertz CT molecular complexity index is 1140. The summed E-state index contributed by atoms with van der Waals surface area (Å²) in [5.74, 6) is -1.98. The Morgan fingerprint density at radius 3 is 2.56 bits per heavy atom. The van der Waals surface area contributed by atoms with Gasteiger partial charge in [-0.15, -0.1) is 0 Å². The van der Waals surface area contributed by atoms with Crippen LogP contribution in [-0.2, 0) is 10.0 Å². The molecule has 2 aromatic heterocycles. The van der Waals surface area contributed by atoms with E-state index in [1.54, 1.807) is 25.1 Å². The van der Waals surface area contributed by atoms with E-state index in [-0.39, 0.29) is 17.1 Å². The molecule has 3 aromatic rings. The van der Waals surface area contributed by atoms with Crippen molar-refractivity contribution < 1.29 is 17.2 Å². The Kier molecular flexibility index (Phi) is 4.27. The summed E-state index contributed by atoms with van der Waals surface area (Å²) in [5.41, 5.74) is 0.426. The average molecular weight is 383 g/mol. The lowest BCUT2D eigenvalue weighted by atomic mass is 10.1. The molecule has 0 spiro atoms. The summed E-state index contributed by atoms with van der Waals surface area (Å²) in [6.07, 6.45) is 0.